The molecule has 0 atom stereocenters. The third-order valence-corrected chi connectivity index (χ3v) is 3.25. The van der Waals surface area contributed by atoms with Crippen molar-refractivity contribution in [3.8, 4) is 0 Å². The van der Waals surface area contributed by atoms with Crippen LogP contribution in [0.15, 0.2) is 21.8 Å². The van der Waals surface area contributed by atoms with E-state index in [4.69, 9.17) is 4.42 Å². The zero-order valence-electron chi connectivity index (χ0n) is 11.4. The Labute approximate surface area is 108 Å². The highest BCUT2D eigenvalue weighted by Gasteiger charge is 2.10. The molecule has 0 aliphatic carbocycles. The summed E-state index contributed by atoms with van der Waals surface area (Å²) in [6.45, 7) is 15.2. The molecule has 0 radical (unpaired) electrons. The molecule has 1 heterocycles. The van der Waals surface area contributed by atoms with Gasteiger partial charge in [-0.2, -0.15) is 0 Å². The molecule has 0 saturated heterocycles. The Kier molecular flexibility index (Phi) is 4.83. The Hall–Kier alpha value is -0.740. The second-order valence-corrected chi connectivity index (χ2v) is 6.19. The fourth-order valence-corrected chi connectivity index (χ4v) is 1.93. The summed E-state index contributed by atoms with van der Waals surface area (Å²) in [4.78, 5) is 4.33. The standard InChI is InChI=1S/C13H22N2OS/c1-9(7-14-13(4,5)6)8-17-12-15-10(2)11(3)16-12/h14H,1,7-8H2,2-6H3. The molecule has 4 heteroatoms. The Morgan fingerprint density at radius 3 is 2.53 bits per heavy atom. The van der Waals surface area contributed by atoms with Gasteiger partial charge in [-0.15, -0.1) is 0 Å². The maximum absolute atomic E-state index is 5.50. The Bertz CT molecular complexity index is 371. The van der Waals surface area contributed by atoms with Crippen LogP contribution in [0.25, 0.3) is 0 Å². The lowest BCUT2D eigenvalue weighted by atomic mass is 10.1. The van der Waals surface area contributed by atoms with Crippen molar-refractivity contribution in [2.75, 3.05) is 12.3 Å². The van der Waals surface area contributed by atoms with Crippen LogP contribution in [-0.2, 0) is 0 Å². The molecule has 96 valence electrons. The molecular formula is C13H22N2OS. The van der Waals surface area contributed by atoms with Crippen molar-refractivity contribution in [2.45, 2.75) is 45.4 Å². The van der Waals surface area contributed by atoms with Crippen LogP contribution in [0.3, 0.4) is 0 Å². The van der Waals surface area contributed by atoms with Crippen molar-refractivity contribution in [1.29, 1.82) is 0 Å². The highest BCUT2D eigenvalue weighted by molar-refractivity contribution is 7.99. The van der Waals surface area contributed by atoms with Gasteiger partial charge in [-0.25, -0.2) is 4.98 Å². The Balaban J connectivity index is 2.33. The van der Waals surface area contributed by atoms with Gasteiger partial charge in [-0.3, -0.25) is 0 Å². The first-order valence-corrected chi connectivity index (χ1v) is 6.75. The van der Waals surface area contributed by atoms with E-state index in [0.29, 0.717) is 0 Å². The van der Waals surface area contributed by atoms with E-state index in [1.54, 1.807) is 11.8 Å². The molecule has 0 aliphatic rings. The van der Waals surface area contributed by atoms with Crippen molar-refractivity contribution in [3.05, 3.63) is 23.6 Å². The highest BCUT2D eigenvalue weighted by Crippen LogP contribution is 2.21. The average Bonchev–Trinajstić information content (AvgIpc) is 2.51. The normalized spacial score (nSPS) is 11.8. The van der Waals surface area contributed by atoms with E-state index >= 15 is 0 Å². The fraction of sp³-hybridized carbons (Fsp3) is 0.615. The minimum atomic E-state index is 0.129. The van der Waals surface area contributed by atoms with Crippen LogP contribution in [0.5, 0.6) is 0 Å². The summed E-state index contributed by atoms with van der Waals surface area (Å²) in [5.41, 5.74) is 2.24. The number of hydrogen-bond acceptors (Lipinski definition) is 4. The lowest BCUT2D eigenvalue weighted by Gasteiger charge is -2.21. The predicted molar refractivity (Wildman–Crippen MR) is 73.6 cm³/mol. The molecule has 1 N–H and O–H groups in total. The molecule has 0 aromatic carbocycles. The van der Waals surface area contributed by atoms with Crippen LogP contribution in [0.1, 0.15) is 32.2 Å². The number of nitrogens with zero attached hydrogens (tertiary/aromatic N) is 1. The molecule has 1 rings (SSSR count). The van der Waals surface area contributed by atoms with Gasteiger partial charge in [-0.1, -0.05) is 23.9 Å². The first kappa shape index (κ1) is 14.3. The smallest absolute Gasteiger partial charge is 0.256 e. The van der Waals surface area contributed by atoms with E-state index in [-0.39, 0.29) is 5.54 Å². The molecule has 17 heavy (non-hydrogen) atoms. The van der Waals surface area contributed by atoms with E-state index < -0.39 is 0 Å². The molecule has 0 amide bonds. The van der Waals surface area contributed by atoms with Crippen molar-refractivity contribution < 1.29 is 4.42 Å². The number of aryl methyl sites for hydroxylation is 2. The summed E-state index contributed by atoms with van der Waals surface area (Å²) in [5, 5.41) is 4.14. The molecule has 1 aromatic heterocycles. The van der Waals surface area contributed by atoms with Crippen molar-refractivity contribution in [1.82, 2.24) is 10.3 Å². The SMILES string of the molecule is C=C(CNC(C)(C)C)CSc1nc(C)c(C)o1. The molecule has 0 bridgehead atoms. The van der Waals surface area contributed by atoms with Crippen molar-refractivity contribution in [3.63, 3.8) is 0 Å². The average molecular weight is 254 g/mol. The Morgan fingerprint density at radius 1 is 1.41 bits per heavy atom. The van der Waals surface area contributed by atoms with E-state index in [1.807, 2.05) is 13.8 Å². The van der Waals surface area contributed by atoms with Gasteiger partial charge in [0.25, 0.3) is 5.22 Å². The number of oxazole rings is 1. The highest BCUT2D eigenvalue weighted by atomic mass is 32.2. The topological polar surface area (TPSA) is 38.1 Å². The van der Waals surface area contributed by atoms with Crippen LogP contribution < -0.4 is 5.32 Å². The summed E-state index contributed by atoms with van der Waals surface area (Å²) < 4.78 is 5.50. The summed E-state index contributed by atoms with van der Waals surface area (Å²) in [7, 11) is 0. The Morgan fingerprint density at radius 2 is 2.06 bits per heavy atom. The maximum atomic E-state index is 5.50. The minimum Gasteiger partial charge on any atom is -0.437 e. The van der Waals surface area contributed by atoms with Crippen LogP contribution in [0, 0.1) is 13.8 Å². The van der Waals surface area contributed by atoms with E-state index in [0.717, 1.165) is 34.5 Å². The third kappa shape index (κ3) is 5.41. The van der Waals surface area contributed by atoms with Crippen LogP contribution in [0.2, 0.25) is 0 Å². The fourth-order valence-electron chi connectivity index (χ4n) is 1.11. The molecule has 0 saturated carbocycles. The van der Waals surface area contributed by atoms with Gasteiger partial charge in [0.2, 0.25) is 0 Å². The van der Waals surface area contributed by atoms with E-state index in [1.165, 1.54) is 0 Å². The monoisotopic (exact) mass is 254 g/mol. The zero-order valence-corrected chi connectivity index (χ0v) is 12.2. The molecule has 3 nitrogen and oxygen atoms in total. The number of rotatable bonds is 5. The lowest BCUT2D eigenvalue weighted by molar-refractivity contribution is 0.431. The van der Waals surface area contributed by atoms with Gasteiger partial charge >= 0.3 is 0 Å². The second-order valence-electron chi connectivity index (χ2n) is 5.26. The number of thioether (sulfide) groups is 1. The van der Waals surface area contributed by atoms with Gasteiger partial charge < -0.3 is 9.73 Å². The van der Waals surface area contributed by atoms with Crippen molar-refractivity contribution in [2.24, 2.45) is 0 Å². The lowest BCUT2D eigenvalue weighted by Crippen LogP contribution is -2.37. The molecule has 0 spiro atoms. The summed E-state index contributed by atoms with van der Waals surface area (Å²) in [6.07, 6.45) is 0. The summed E-state index contributed by atoms with van der Waals surface area (Å²) in [5.74, 6) is 1.73. The quantitative estimate of drug-likeness (QED) is 0.646. The molecule has 0 fully saturated rings. The largest absolute Gasteiger partial charge is 0.437 e. The first-order valence-electron chi connectivity index (χ1n) is 5.76. The third-order valence-electron chi connectivity index (χ3n) is 2.28. The van der Waals surface area contributed by atoms with Gasteiger partial charge in [0.1, 0.15) is 5.76 Å². The predicted octanol–water partition coefficient (Wildman–Crippen LogP) is 3.33. The minimum absolute atomic E-state index is 0.129. The number of aromatic nitrogens is 1. The van der Waals surface area contributed by atoms with E-state index in [9.17, 15) is 0 Å². The molecule has 0 unspecified atom stereocenters. The molecular weight excluding hydrogens is 232 g/mol. The molecule has 0 aliphatic heterocycles. The van der Waals surface area contributed by atoms with E-state index in [2.05, 4.69) is 37.7 Å². The van der Waals surface area contributed by atoms with Crippen LogP contribution in [0.4, 0.5) is 0 Å². The van der Waals surface area contributed by atoms with Gasteiger partial charge in [0, 0.05) is 17.8 Å². The summed E-state index contributed by atoms with van der Waals surface area (Å²) >= 11 is 1.60. The number of nitrogens with one attached hydrogen (secondary N) is 1. The second kappa shape index (κ2) is 5.74. The van der Waals surface area contributed by atoms with Crippen LogP contribution >= 0.6 is 11.8 Å². The van der Waals surface area contributed by atoms with Gasteiger partial charge in [0.15, 0.2) is 0 Å². The molecule has 1 aromatic rings. The van der Waals surface area contributed by atoms with Gasteiger partial charge in [0.05, 0.1) is 5.69 Å². The van der Waals surface area contributed by atoms with Crippen molar-refractivity contribution >= 4 is 11.8 Å². The summed E-state index contributed by atoms with van der Waals surface area (Å²) in [6, 6.07) is 0. The van der Waals surface area contributed by atoms with Gasteiger partial charge in [-0.05, 0) is 34.6 Å². The number of hydrogen-bond donors (Lipinski definition) is 1. The zero-order chi connectivity index (χ0) is 13.1. The first-order chi connectivity index (χ1) is 7.78. The maximum Gasteiger partial charge on any atom is 0.256 e. The van der Waals surface area contributed by atoms with Crippen LogP contribution in [-0.4, -0.2) is 22.8 Å².